The molecule has 74 valence electrons. The van der Waals surface area contributed by atoms with Crippen molar-refractivity contribution in [1.82, 2.24) is 0 Å². The molecular formula is C14H11Cl. The Bertz CT molecular complexity index is 443. The Hall–Kier alpha value is -1.53. The molecule has 0 saturated carbocycles. The molecule has 0 N–H and O–H groups in total. The first kappa shape index (κ1) is 10.0. The molecule has 0 unspecified atom stereocenters. The molecule has 0 heterocycles. The van der Waals surface area contributed by atoms with Crippen molar-refractivity contribution in [3.8, 4) is 0 Å². The van der Waals surface area contributed by atoms with E-state index in [2.05, 4.69) is 0 Å². The van der Waals surface area contributed by atoms with Crippen molar-refractivity contribution in [1.29, 1.82) is 0 Å². The van der Waals surface area contributed by atoms with Crippen molar-refractivity contribution in [2.24, 2.45) is 0 Å². The van der Waals surface area contributed by atoms with Gasteiger partial charge in [0.2, 0.25) is 0 Å². The lowest BCUT2D eigenvalue weighted by Crippen LogP contribution is -1.76. The van der Waals surface area contributed by atoms with Crippen LogP contribution in [0.2, 0.25) is 0 Å². The summed E-state index contributed by atoms with van der Waals surface area (Å²) in [6.45, 7) is 0. The van der Waals surface area contributed by atoms with E-state index in [1.54, 1.807) is 0 Å². The summed E-state index contributed by atoms with van der Waals surface area (Å²) in [4.78, 5) is 0. The average Bonchev–Trinajstić information content (AvgIpc) is 2.31. The minimum Gasteiger partial charge on any atom is -0.0837 e. The van der Waals surface area contributed by atoms with Gasteiger partial charge in [0.25, 0.3) is 0 Å². The van der Waals surface area contributed by atoms with Crippen molar-refractivity contribution in [3.63, 3.8) is 0 Å². The summed E-state index contributed by atoms with van der Waals surface area (Å²) >= 11 is 6.20. The largest absolute Gasteiger partial charge is 0.0837 e. The lowest BCUT2D eigenvalue weighted by Gasteiger charge is -1.98. The maximum absolute atomic E-state index is 6.20. The van der Waals surface area contributed by atoms with Gasteiger partial charge in [0.15, 0.2) is 0 Å². The standard InChI is InChI=1S/C14H11Cl/c15-14(13-9-5-2-6-10-13)11-12-7-3-1-4-8-12/h1-11H. The molecule has 0 spiro atoms. The molecule has 0 amide bonds. The molecule has 1 heteroatoms. The quantitative estimate of drug-likeness (QED) is 0.649. The Morgan fingerprint density at radius 2 is 1.33 bits per heavy atom. The summed E-state index contributed by atoms with van der Waals surface area (Å²) in [6.07, 6.45) is 1.97. The Morgan fingerprint density at radius 3 is 1.93 bits per heavy atom. The van der Waals surface area contributed by atoms with E-state index in [4.69, 9.17) is 11.6 Å². The van der Waals surface area contributed by atoms with Crippen LogP contribution in [0.4, 0.5) is 0 Å². The van der Waals surface area contributed by atoms with E-state index >= 15 is 0 Å². The van der Waals surface area contributed by atoms with E-state index in [1.165, 1.54) is 0 Å². The van der Waals surface area contributed by atoms with Crippen LogP contribution >= 0.6 is 11.6 Å². The summed E-state index contributed by atoms with van der Waals surface area (Å²) in [5, 5.41) is 0.766. The fraction of sp³-hybridized carbons (Fsp3) is 0. The van der Waals surface area contributed by atoms with Gasteiger partial charge in [-0.2, -0.15) is 0 Å². The van der Waals surface area contributed by atoms with Crippen LogP contribution in [0, 0.1) is 0 Å². The lowest BCUT2D eigenvalue weighted by atomic mass is 10.1. The number of rotatable bonds is 2. The van der Waals surface area contributed by atoms with Crippen molar-refractivity contribution < 1.29 is 0 Å². The number of benzene rings is 2. The molecule has 0 aliphatic rings. The smallest absolute Gasteiger partial charge is 0.0484 e. The van der Waals surface area contributed by atoms with Crippen LogP contribution in [0.25, 0.3) is 11.1 Å². The van der Waals surface area contributed by atoms with E-state index < -0.39 is 0 Å². The van der Waals surface area contributed by atoms with Gasteiger partial charge in [-0.25, -0.2) is 0 Å². The zero-order valence-electron chi connectivity index (χ0n) is 8.23. The highest BCUT2D eigenvalue weighted by atomic mass is 35.5. The summed E-state index contributed by atoms with van der Waals surface area (Å²) < 4.78 is 0. The van der Waals surface area contributed by atoms with Gasteiger partial charge in [-0.15, -0.1) is 0 Å². The van der Waals surface area contributed by atoms with Crippen molar-refractivity contribution >= 4 is 22.7 Å². The second kappa shape index (κ2) is 4.81. The first-order chi connectivity index (χ1) is 7.36. The van der Waals surface area contributed by atoms with E-state index in [1.807, 2.05) is 66.7 Å². The molecule has 0 radical (unpaired) electrons. The molecule has 0 nitrogen and oxygen atoms in total. The third kappa shape index (κ3) is 2.71. The third-order valence-corrected chi connectivity index (χ3v) is 2.47. The summed E-state index contributed by atoms with van der Waals surface area (Å²) in [7, 11) is 0. The van der Waals surface area contributed by atoms with Gasteiger partial charge >= 0.3 is 0 Å². The van der Waals surface area contributed by atoms with Crippen LogP contribution in [-0.2, 0) is 0 Å². The summed E-state index contributed by atoms with van der Waals surface area (Å²) in [5.74, 6) is 0. The highest BCUT2D eigenvalue weighted by Gasteiger charge is 1.96. The number of hydrogen-bond donors (Lipinski definition) is 0. The van der Waals surface area contributed by atoms with Gasteiger partial charge < -0.3 is 0 Å². The Labute approximate surface area is 94.8 Å². The molecule has 2 aromatic rings. The topological polar surface area (TPSA) is 0 Å². The first-order valence-electron chi connectivity index (χ1n) is 4.84. The molecule has 2 aromatic carbocycles. The average molecular weight is 215 g/mol. The van der Waals surface area contributed by atoms with Gasteiger partial charge in [0.05, 0.1) is 0 Å². The van der Waals surface area contributed by atoms with E-state index in [-0.39, 0.29) is 0 Å². The summed E-state index contributed by atoms with van der Waals surface area (Å²) in [6, 6.07) is 20.0. The third-order valence-electron chi connectivity index (χ3n) is 2.14. The zero-order chi connectivity index (χ0) is 10.5. The van der Waals surface area contributed by atoms with Crippen molar-refractivity contribution in [2.45, 2.75) is 0 Å². The SMILES string of the molecule is ClC(=Cc1ccccc1)c1ccccc1. The van der Waals surface area contributed by atoms with E-state index in [9.17, 15) is 0 Å². The monoisotopic (exact) mass is 214 g/mol. The normalized spacial score (nSPS) is 11.4. The zero-order valence-corrected chi connectivity index (χ0v) is 8.98. The van der Waals surface area contributed by atoms with Gasteiger partial charge in [0.1, 0.15) is 0 Å². The van der Waals surface area contributed by atoms with Crippen LogP contribution in [0.5, 0.6) is 0 Å². The predicted octanol–water partition coefficient (Wildman–Crippen LogP) is 4.42. The van der Waals surface area contributed by atoms with Gasteiger partial charge in [0, 0.05) is 5.03 Å². The minimum atomic E-state index is 0.766. The van der Waals surface area contributed by atoms with Crippen molar-refractivity contribution in [2.75, 3.05) is 0 Å². The van der Waals surface area contributed by atoms with Crippen LogP contribution in [0.3, 0.4) is 0 Å². The van der Waals surface area contributed by atoms with Crippen LogP contribution < -0.4 is 0 Å². The molecule has 0 fully saturated rings. The Kier molecular flexibility index (Phi) is 3.21. The fourth-order valence-electron chi connectivity index (χ4n) is 1.38. The second-order valence-electron chi connectivity index (χ2n) is 3.27. The molecule has 0 aliphatic heterocycles. The molecule has 15 heavy (non-hydrogen) atoms. The Balaban J connectivity index is 2.29. The highest BCUT2D eigenvalue weighted by Crippen LogP contribution is 2.21. The number of hydrogen-bond acceptors (Lipinski definition) is 0. The fourth-order valence-corrected chi connectivity index (χ4v) is 1.63. The van der Waals surface area contributed by atoms with Crippen molar-refractivity contribution in [3.05, 3.63) is 71.8 Å². The maximum atomic E-state index is 6.20. The lowest BCUT2D eigenvalue weighted by molar-refractivity contribution is 1.64. The molecule has 2 rings (SSSR count). The van der Waals surface area contributed by atoms with Crippen LogP contribution in [-0.4, -0.2) is 0 Å². The molecule has 0 saturated heterocycles. The molecular weight excluding hydrogens is 204 g/mol. The minimum absolute atomic E-state index is 0.766. The molecule has 0 bridgehead atoms. The van der Waals surface area contributed by atoms with Gasteiger partial charge in [-0.1, -0.05) is 72.3 Å². The number of halogens is 1. The second-order valence-corrected chi connectivity index (χ2v) is 3.68. The highest BCUT2D eigenvalue weighted by molar-refractivity contribution is 6.51. The van der Waals surface area contributed by atoms with Crippen LogP contribution in [0.1, 0.15) is 11.1 Å². The maximum Gasteiger partial charge on any atom is 0.0484 e. The predicted molar refractivity (Wildman–Crippen MR) is 66.6 cm³/mol. The van der Waals surface area contributed by atoms with E-state index in [0.717, 1.165) is 16.2 Å². The molecule has 0 aromatic heterocycles. The first-order valence-corrected chi connectivity index (χ1v) is 5.22. The van der Waals surface area contributed by atoms with E-state index in [0.29, 0.717) is 0 Å². The van der Waals surface area contributed by atoms with Crippen LogP contribution in [0.15, 0.2) is 60.7 Å². The van der Waals surface area contributed by atoms with Gasteiger partial charge in [-0.3, -0.25) is 0 Å². The molecule has 0 aliphatic carbocycles. The van der Waals surface area contributed by atoms with Gasteiger partial charge in [-0.05, 0) is 17.2 Å². The summed E-state index contributed by atoms with van der Waals surface area (Å²) in [5.41, 5.74) is 2.16. The molecule has 0 atom stereocenters. The Morgan fingerprint density at radius 1 is 0.800 bits per heavy atom.